The van der Waals surface area contributed by atoms with Crippen LogP contribution in [0.2, 0.25) is 5.02 Å². The zero-order chi connectivity index (χ0) is 12.5. The summed E-state index contributed by atoms with van der Waals surface area (Å²) in [6, 6.07) is 14.2. The summed E-state index contributed by atoms with van der Waals surface area (Å²) in [4.78, 5) is 2.38. The molecule has 0 saturated heterocycles. The lowest BCUT2D eigenvalue weighted by Gasteiger charge is -2.16. The summed E-state index contributed by atoms with van der Waals surface area (Å²) in [6.45, 7) is 2.82. The molecule has 2 aromatic rings. The van der Waals surface area contributed by atoms with E-state index in [0.717, 1.165) is 35.9 Å². The van der Waals surface area contributed by atoms with E-state index in [2.05, 4.69) is 29.2 Å². The molecule has 2 N–H and O–H groups in total. The van der Waals surface area contributed by atoms with Crippen molar-refractivity contribution in [3.63, 3.8) is 0 Å². The Morgan fingerprint density at radius 3 is 2.39 bits per heavy atom. The van der Waals surface area contributed by atoms with E-state index in [4.69, 9.17) is 17.3 Å². The first-order valence-corrected chi connectivity index (χ1v) is 6.43. The van der Waals surface area contributed by atoms with Gasteiger partial charge in [0.25, 0.3) is 0 Å². The normalized spacial score (nSPS) is 14.7. The Morgan fingerprint density at radius 2 is 1.72 bits per heavy atom. The minimum Gasteiger partial charge on any atom is -0.399 e. The number of benzene rings is 2. The Balaban J connectivity index is 1.78. The zero-order valence-corrected chi connectivity index (χ0v) is 10.8. The molecule has 2 nitrogen and oxygen atoms in total. The fourth-order valence-corrected chi connectivity index (χ4v) is 2.65. The van der Waals surface area contributed by atoms with Gasteiger partial charge in [0, 0.05) is 30.3 Å². The van der Waals surface area contributed by atoms with Gasteiger partial charge in [0.15, 0.2) is 0 Å². The maximum absolute atomic E-state index is 6.20. The van der Waals surface area contributed by atoms with Crippen molar-refractivity contribution in [3.05, 3.63) is 64.2 Å². The van der Waals surface area contributed by atoms with Crippen molar-refractivity contribution in [1.29, 1.82) is 0 Å². The molecule has 18 heavy (non-hydrogen) atoms. The molecule has 0 bridgehead atoms. The molecule has 3 rings (SSSR count). The van der Waals surface area contributed by atoms with Crippen LogP contribution in [0.15, 0.2) is 42.5 Å². The first kappa shape index (κ1) is 11.6. The number of nitrogen functional groups attached to an aromatic ring is 1. The van der Waals surface area contributed by atoms with Gasteiger partial charge >= 0.3 is 0 Å². The fraction of sp³-hybridized carbons (Fsp3) is 0.200. The summed E-state index contributed by atoms with van der Waals surface area (Å²) >= 11 is 6.20. The van der Waals surface area contributed by atoms with E-state index in [0.29, 0.717) is 0 Å². The van der Waals surface area contributed by atoms with Crippen molar-refractivity contribution in [1.82, 2.24) is 4.90 Å². The van der Waals surface area contributed by atoms with Crippen molar-refractivity contribution in [2.75, 3.05) is 5.73 Å². The van der Waals surface area contributed by atoms with Gasteiger partial charge in [0.1, 0.15) is 0 Å². The molecular weight excluding hydrogens is 244 g/mol. The quantitative estimate of drug-likeness (QED) is 0.836. The Kier molecular flexibility index (Phi) is 2.98. The minimum absolute atomic E-state index is 0.770. The molecule has 0 fully saturated rings. The number of rotatable bonds is 2. The lowest BCUT2D eigenvalue weighted by Crippen LogP contribution is -2.16. The Labute approximate surface area is 112 Å². The molecule has 3 heteroatoms. The van der Waals surface area contributed by atoms with Gasteiger partial charge < -0.3 is 5.73 Å². The minimum atomic E-state index is 0.770. The summed E-state index contributed by atoms with van der Waals surface area (Å²) < 4.78 is 0. The second kappa shape index (κ2) is 4.63. The van der Waals surface area contributed by atoms with Gasteiger partial charge in [-0.2, -0.15) is 0 Å². The summed E-state index contributed by atoms with van der Waals surface area (Å²) in [6.07, 6.45) is 0. The molecule has 1 aliphatic rings. The molecule has 0 atom stereocenters. The molecule has 92 valence electrons. The van der Waals surface area contributed by atoms with Gasteiger partial charge in [0.2, 0.25) is 0 Å². The lowest BCUT2D eigenvalue weighted by molar-refractivity contribution is 0.275. The number of anilines is 1. The van der Waals surface area contributed by atoms with Crippen LogP contribution in [-0.4, -0.2) is 4.90 Å². The first-order valence-electron chi connectivity index (χ1n) is 6.05. The first-order chi connectivity index (χ1) is 8.72. The molecular formula is C15H15ClN2. The molecule has 0 spiro atoms. The molecule has 0 saturated carbocycles. The summed E-state index contributed by atoms with van der Waals surface area (Å²) in [5, 5.41) is 0.792. The van der Waals surface area contributed by atoms with Gasteiger partial charge in [-0.3, -0.25) is 4.90 Å². The molecule has 0 amide bonds. The molecule has 0 radical (unpaired) electrons. The third-order valence-electron chi connectivity index (χ3n) is 3.37. The monoisotopic (exact) mass is 258 g/mol. The van der Waals surface area contributed by atoms with Crippen LogP contribution in [0.25, 0.3) is 0 Å². The largest absolute Gasteiger partial charge is 0.399 e. The molecule has 1 heterocycles. The van der Waals surface area contributed by atoms with Crippen molar-refractivity contribution >= 4 is 17.3 Å². The Morgan fingerprint density at radius 1 is 1.06 bits per heavy atom. The predicted molar refractivity (Wildman–Crippen MR) is 75.3 cm³/mol. The second-order valence-electron chi connectivity index (χ2n) is 4.76. The average Bonchev–Trinajstić information content (AvgIpc) is 2.76. The van der Waals surface area contributed by atoms with E-state index in [-0.39, 0.29) is 0 Å². The van der Waals surface area contributed by atoms with Crippen molar-refractivity contribution in [3.8, 4) is 0 Å². The zero-order valence-electron chi connectivity index (χ0n) is 10.1. The van der Waals surface area contributed by atoms with Crippen LogP contribution < -0.4 is 5.73 Å². The average molecular weight is 259 g/mol. The van der Waals surface area contributed by atoms with Gasteiger partial charge in [-0.25, -0.2) is 0 Å². The Hall–Kier alpha value is -1.51. The maximum Gasteiger partial charge on any atom is 0.0452 e. The van der Waals surface area contributed by atoms with Crippen LogP contribution in [0.1, 0.15) is 16.7 Å². The lowest BCUT2D eigenvalue weighted by atomic mass is 10.1. The maximum atomic E-state index is 6.20. The van der Waals surface area contributed by atoms with Crippen LogP contribution in [0.5, 0.6) is 0 Å². The third kappa shape index (κ3) is 2.22. The van der Waals surface area contributed by atoms with E-state index in [1.54, 1.807) is 0 Å². The van der Waals surface area contributed by atoms with Gasteiger partial charge in [-0.1, -0.05) is 35.9 Å². The standard InChI is InChI=1S/C15H15ClN2/c16-15-6-5-14(17)7-13(15)10-18-8-11-3-1-2-4-12(11)9-18/h1-7H,8-10,17H2. The van der Waals surface area contributed by atoms with Crippen LogP contribution >= 0.6 is 11.6 Å². The molecule has 2 aromatic carbocycles. The van der Waals surface area contributed by atoms with E-state index < -0.39 is 0 Å². The fourth-order valence-electron chi connectivity index (χ4n) is 2.47. The number of hydrogen-bond donors (Lipinski definition) is 1. The number of nitrogens with two attached hydrogens (primary N) is 1. The highest BCUT2D eigenvalue weighted by molar-refractivity contribution is 6.31. The van der Waals surface area contributed by atoms with Crippen molar-refractivity contribution in [2.45, 2.75) is 19.6 Å². The van der Waals surface area contributed by atoms with E-state index >= 15 is 0 Å². The number of fused-ring (bicyclic) bond motifs is 1. The highest BCUT2D eigenvalue weighted by atomic mass is 35.5. The summed E-state index contributed by atoms with van der Waals surface area (Å²) in [7, 11) is 0. The topological polar surface area (TPSA) is 29.3 Å². The SMILES string of the molecule is Nc1ccc(Cl)c(CN2Cc3ccccc3C2)c1. The van der Waals surface area contributed by atoms with E-state index in [1.165, 1.54) is 11.1 Å². The van der Waals surface area contributed by atoms with Crippen molar-refractivity contribution in [2.24, 2.45) is 0 Å². The van der Waals surface area contributed by atoms with Crippen LogP contribution in [0.4, 0.5) is 5.69 Å². The predicted octanol–water partition coefficient (Wildman–Crippen LogP) is 3.44. The molecule has 0 unspecified atom stereocenters. The van der Waals surface area contributed by atoms with Crippen LogP contribution in [0, 0.1) is 0 Å². The number of hydrogen-bond acceptors (Lipinski definition) is 2. The smallest absolute Gasteiger partial charge is 0.0452 e. The summed E-state index contributed by atoms with van der Waals surface area (Å²) in [5.41, 5.74) is 10.5. The van der Waals surface area contributed by atoms with Gasteiger partial charge in [-0.15, -0.1) is 0 Å². The van der Waals surface area contributed by atoms with E-state index in [1.807, 2.05) is 18.2 Å². The highest BCUT2D eigenvalue weighted by Gasteiger charge is 2.18. The Bertz CT molecular complexity index is 555. The van der Waals surface area contributed by atoms with Gasteiger partial charge in [0.05, 0.1) is 0 Å². The summed E-state index contributed by atoms with van der Waals surface area (Å²) in [5.74, 6) is 0. The molecule has 0 aromatic heterocycles. The number of halogens is 1. The van der Waals surface area contributed by atoms with Crippen LogP contribution in [0.3, 0.4) is 0 Å². The van der Waals surface area contributed by atoms with Crippen molar-refractivity contribution < 1.29 is 0 Å². The van der Waals surface area contributed by atoms with Gasteiger partial charge in [-0.05, 0) is 34.9 Å². The molecule has 1 aliphatic heterocycles. The molecule has 0 aliphatic carbocycles. The third-order valence-corrected chi connectivity index (χ3v) is 3.74. The van der Waals surface area contributed by atoms with E-state index in [9.17, 15) is 0 Å². The number of nitrogens with zero attached hydrogens (tertiary/aromatic N) is 1. The van der Waals surface area contributed by atoms with Crippen LogP contribution in [-0.2, 0) is 19.6 Å². The second-order valence-corrected chi connectivity index (χ2v) is 5.17. The highest BCUT2D eigenvalue weighted by Crippen LogP contribution is 2.27.